The molecule has 0 aromatic heterocycles. The smallest absolute Gasteiger partial charge is 0.0701 e. The fourth-order valence-electron chi connectivity index (χ4n) is 1.72. The van der Waals surface area contributed by atoms with Gasteiger partial charge in [0.25, 0.3) is 0 Å². The van der Waals surface area contributed by atoms with Crippen LogP contribution >= 0.6 is 0 Å². The Morgan fingerprint density at radius 1 is 0.941 bits per heavy atom. The first-order valence-corrected chi connectivity index (χ1v) is 5.57. The lowest BCUT2D eigenvalue weighted by atomic mass is 10.1. The molecule has 3 nitrogen and oxygen atoms in total. The number of rotatable bonds is 4. The maximum Gasteiger partial charge on any atom is 0.0701 e. The molecule has 0 heterocycles. The molecule has 0 spiro atoms. The number of hydrogen-bond acceptors (Lipinski definition) is 3. The molecule has 0 aliphatic carbocycles. The molecule has 2 aromatic carbocycles. The molecule has 0 unspecified atom stereocenters. The molecule has 2 rings (SSSR count). The van der Waals surface area contributed by atoms with Crippen molar-refractivity contribution in [2.75, 3.05) is 11.1 Å². The van der Waals surface area contributed by atoms with E-state index in [1.807, 2.05) is 48.5 Å². The van der Waals surface area contributed by atoms with Gasteiger partial charge in [-0.2, -0.15) is 0 Å². The average molecular weight is 228 g/mol. The maximum atomic E-state index is 9.21. The normalized spacial score (nSPS) is 10.2. The maximum absolute atomic E-state index is 9.21. The summed E-state index contributed by atoms with van der Waals surface area (Å²) in [5.74, 6) is 0. The zero-order chi connectivity index (χ0) is 12.1. The Kier molecular flexibility index (Phi) is 3.62. The molecule has 0 fully saturated rings. The van der Waals surface area contributed by atoms with Crippen molar-refractivity contribution in [1.82, 2.24) is 0 Å². The number of aliphatic hydroxyl groups excluding tert-OH is 1. The number of anilines is 2. The molecule has 17 heavy (non-hydrogen) atoms. The number of aliphatic hydroxyl groups is 1. The van der Waals surface area contributed by atoms with Crippen molar-refractivity contribution in [3.8, 4) is 0 Å². The Bertz CT molecular complexity index is 497. The minimum absolute atomic E-state index is 0.0352. The van der Waals surface area contributed by atoms with E-state index in [9.17, 15) is 5.11 Å². The summed E-state index contributed by atoms with van der Waals surface area (Å²) < 4.78 is 0. The predicted molar refractivity (Wildman–Crippen MR) is 70.5 cm³/mol. The molecule has 0 amide bonds. The zero-order valence-electron chi connectivity index (χ0n) is 9.56. The molecule has 4 N–H and O–H groups in total. The second-order valence-corrected chi connectivity index (χ2v) is 3.87. The molecule has 0 bridgehead atoms. The molecule has 0 radical (unpaired) electrons. The van der Waals surface area contributed by atoms with Crippen LogP contribution in [0.4, 0.5) is 11.4 Å². The highest BCUT2D eigenvalue weighted by Crippen LogP contribution is 2.17. The fourth-order valence-corrected chi connectivity index (χ4v) is 1.72. The van der Waals surface area contributed by atoms with Gasteiger partial charge < -0.3 is 16.2 Å². The van der Waals surface area contributed by atoms with Crippen molar-refractivity contribution in [1.29, 1.82) is 0 Å². The van der Waals surface area contributed by atoms with Crippen molar-refractivity contribution < 1.29 is 5.11 Å². The third-order valence-electron chi connectivity index (χ3n) is 2.71. The highest BCUT2D eigenvalue weighted by molar-refractivity contribution is 5.53. The Labute approximate surface area is 101 Å². The van der Waals surface area contributed by atoms with Crippen LogP contribution in [0.1, 0.15) is 11.1 Å². The van der Waals surface area contributed by atoms with Crippen LogP contribution in [0.25, 0.3) is 0 Å². The number of para-hydroxylation sites is 2. The molecule has 0 aliphatic rings. The van der Waals surface area contributed by atoms with E-state index in [0.29, 0.717) is 6.54 Å². The van der Waals surface area contributed by atoms with Gasteiger partial charge in [-0.15, -0.1) is 0 Å². The summed E-state index contributed by atoms with van der Waals surface area (Å²) >= 11 is 0. The molecule has 0 atom stereocenters. The Hall–Kier alpha value is -2.00. The summed E-state index contributed by atoms with van der Waals surface area (Å²) in [7, 11) is 0. The van der Waals surface area contributed by atoms with E-state index in [1.54, 1.807) is 0 Å². The van der Waals surface area contributed by atoms with E-state index in [4.69, 9.17) is 5.73 Å². The SMILES string of the molecule is Nc1ccccc1CNc1ccccc1CO. The van der Waals surface area contributed by atoms with Gasteiger partial charge in [0.1, 0.15) is 0 Å². The summed E-state index contributed by atoms with van der Waals surface area (Å²) in [6.07, 6.45) is 0. The van der Waals surface area contributed by atoms with Crippen LogP contribution in [0.15, 0.2) is 48.5 Å². The lowest BCUT2D eigenvalue weighted by Gasteiger charge is -2.11. The van der Waals surface area contributed by atoms with E-state index in [2.05, 4.69) is 5.32 Å². The Morgan fingerprint density at radius 3 is 2.29 bits per heavy atom. The lowest BCUT2D eigenvalue weighted by molar-refractivity contribution is 0.282. The van der Waals surface area contributed by atoms with E-state index in [1.165, 1.54) is 0 Å². The Balaban J connectivity index is 2.10. The minimum Gasteiger partial charge on any atom is -0.398 e. The Morgan fingerprint density at radius 2 is 1.59 bits per heavy atom. The first-order valence-electron chi connectivity index (χ1n) is 5.57. The zero-order valence-corrected chi connectivity index (χ0v) is 9.56. The lowest BCUT2D eigenvalue weighted by Crippen LogP contribution is -2.04. The first kappa shape index (κ1) is 11.5. The summed E-state index contributed by atoms with van der Waals surface area (Å²) in [5, 5.41) is 12.5. The van der Waals surface area contributed by atoms with Gasteiger partial charge in [0.2, 0.25) is 0 Å². The third-order valence-corrected chi connectivity index (χ3v) is 2.71. The van der Waals surface area contributed by atoms with Crippen molar-refractivity contribution in [2.45, 2.75) is 13.2 Å². The molecule has 3 heteroatoms. The predicted octanol–water partition coefficient (Wildman–Crippen LogP) is 2.37. The van der Waals surface area contributed by atoms with Gasteiger partial charge >= 0.3 is 0 Å². The van der Waals surface area contributed by atoms with Gasteiger partial charge in [0, 0.05) is 23.5 Å². The standard InChI is InChI=1S/C14H16N2O/c15-13-7-3-1-5-11(13)9-16-14-8-4-2-6-12(14)10-17/h1-8,16-17H,9-10,15H2. The molecule has 0 saturated carbocycles. The monoisotopic (exact) mass is 228 g/mol. The van der Waals surface area contributed by atoms with Crippen molar-refractivity contribution >= 4 is 11.4 Å². The van der Waals surface area contributed by atoms with Crippen LogP contribution < -0.4 is 11.1 Å². The molecule has 2 aromatic rings. The van der Waals surface area contributed by atoms with Gasteiger partial charge in [-0.1, -0.05) is 36.4 Å². The number of hydrogen-bond donors (Lipinski definition) is 3. The number of benzene rings is 2. The number of nitrogens with two attached hydrogens (primary N) is 1. The van der Waals surface area contributed by atoms with Crippen molar-refractivity contribution in [3.05, 3.63) is 59.7 Å². The van der Waals surface area contributed by atoms with Gasteiger partial charge in [-0.05, 0) is 17.7 Å². The van der Waals surface area contributed by atoms with Crippen molar-refractivity contribution in [2.24, 2.45) is 0 Å². The summed E-state index contributed by atoms with van der Waals surface area (Å²) in [6.45, 7) is 0.692. The first-order chi connectivity index (χ1) is 8.31. The summed E-state index contributed by atoms with van der Waals surface area (Å²) in [6, 6.07) is 15.5. The summed E-state index contributed by atoms with van der Waals surface area (Å²) in [4.78, 5) is 0. The second-order valence-electron chi connectivity index (χ2n) is 3.87. The quantitative estimate of drug-likeness (QED) is 0.704. The van der Waals surface area contributed by atoms with Crippen LogP contribution in [0.5, 0.6) is 0 Å². The number of nitrogens with one attached hydrogen (secondary N) is 1. The molecular weight excluding hydrogens is 212 g/mol. The van der Waals surface area contributed by atoms with Gasteiger partial charge in [-0.25, -0.2) is 0 Å². The average Bonchev–Trinajstić information content (AvgIpc) is 2.38. The van der Waals surface area contributed by atoms with Gasteiger partial charge in [-0.3, -0.25) is 0 Å². The molecule has 88 valence electrons. The highest BCUT2D eigenvalue weighted by atomic mass is 16.3. The van der Waals surface area contributed by atoms with E-state index < -0.39 is 0 Å². The highest BCUT2D eigenvalue weighted by Gasteiger charge is 2.01. The van der Waals surface area contributed by atoms with E-state index in [0.717, 1.165) is 22.5 Å². The van der Waals surface area contributed by atoms with Crippen LogP contribution in [0, 0.1) is 0 Å². The minimum atomic E-state index is 0.0352. The van der Waals surface area contributed by atoms with E-state index >= 15 is 0 Å². The van der Waals surface area contributed by atoms with Crippen LogP contribution in [0.3, 0.4) is 0 Å². The third kappa shape index (κ3) is 2.77. The number of nitrogen functional groups attached to an aromatic ring is 1. The van der Waals surface area contributed by atoms with Gasteiger partial charge in [0.05, 0.1) is 6.61 Å². The van der Waals surface area contributed by atoms with Crippen LogP contribution in [0.2, 0.25) is 0 Å². The van der Waals surface area contributed by atoms with Crippen LogP contribution in [-0.2, 0) is 13.2 Å². The molecular formula is C14H16N2O. The molecule has 0 aliphatic heterocycles. The van der Waals surface area contributed by atoms with Gasteiger partial charge in [0.15, 0.2) is 0 Å². The topological polar surface area (TPSA) is 58.3 Å². The van der Waals surface area contributed by atoms with Crippen LogP contribution in [-0.4, -0.2) is 5.11 Å². The largest absolute Gasteiger partial charge is 0.398 e. The summed E-state index contributed by atoms with van der Waals surface area (Å²) in [5.41, 5.74) is 9.53. The fraction of sp³-hybridized carbons (Fsp3) is 0.143. The molecule has 0 saturated heterocycles. The van der Waals surface area contributed by atoms with Crippen molar-refractivity contribution in [3.63, 3.8) is 0 Å². The second kappa shape index (κ2) is 5.37. The van der Waals surface area contributed by atoms with E-state index in [-0.39, 0.29) is 6.61 Å².